The van der Waals surface area contributed by atoms with Crippen LogP contribution in [0.15, 0.2) is 60.7 Å². The maximum atomic E-state index is 13.6. The third kappa shape index (κ3) is 9.49. The molecule has 6 nitrogen and oxygen atoms in total. The van der Waals surface area contributed by atoms with Crippen LogP contribution in [0.4, 0.5) is 0 Å². The van der Waals surface area contributed by atoms with Gasteiger partial charge in [0.15, 0.2) is 5.78 Å². The lowest BCUT2D eigenvalue weighted by molar-refractivity contribution is -0.129. The molecule has 0 unspecified atom stereocenters. The monoisotopic (exact) mass is 561 g/mol. The largest absolute Gasteiger partial charge is 0.353 e. The molecule has 0 saturated carbocycles. The number of fused-ring (bicyclic) bond motifs is 1. The highest BCUT2D eigenvalue weighted by Gasteiger charge is 2.26. The molecule has 0 radical (unpaired) electrons. The maximum Gasteiger partial charge on any atom is 0.224 e. The molecule has 0 aliphatic heterocycles. The predicted octanol–water partition coefficient (Wildman–Crippen LogP) is 5.97. The first-order chi connectivity index (χ1) is 19.2. The molecular weight excluding hydrogens is 518 g/mol. The van der Waals surface area contributed by atoms with Gasteiger partial charge in [-0.05, 0) is 62.5 Å². The Morgan fingerprint density at radius 3 is 2.38 bits per heavy atom. The number of amides is 1. The number of benzene rings is 2. The molecule has 0 aliphatic rings. The number of nitrogens with one attached hydrogen (secondary N) is 1. The number of nitrogens with zero attached hydrogens (tertiary/aromatic N) is 2. The second-order valence-electron chi connectivity index (χ2n) is 10.5. The van der Waals surface area contributed by atoms with E-state index in [9.17, 15) is 14.4 Å². The zero-order valence-corrected chi connectivity index (χ0v) is 25.2. The summed E-state index contributed by atoms with van der Waals surface area (Å²) in [5.74, 6) is -0.688. The molecule has 214 valence electrons. The van der Waals surface area contributed by atoms with Crippen molar-refractivity contribution >= 4 is 39.0 Å². The zero-order chi connectivity index (χ0) is 29.1. The van der Waals surface area contributed by atoms with Crippen molar-refractivity contribution < 1.29 is 14.4 Å². The van der Waals surface area contributed by atoms with E-state index in [2.05, 4.69) is 49.7 Å². The van der Waals surface area contributed by atoms with E-state index in [0.717, 1.165) is 40.3 Å². The number of rotatable bonds is 17. The standard InChI is InChI=1S/C33H43N3O3S/c1-6-25-14-16-29-31(20-25)40-32(35-29)21-27(18-24(5)37)33(39)34-28(19-26-12-10-9-11-13-26)15-17-30(38)23(4)22-36(7-2)8-3/h9-14,16,20,27-28H,4,6-8,15,17-19,21-22H2,1-3,5H3,(H,34,39)/t27-,28+/m0/s1. The van der Waals surface area contributed by atoms with Gasteiger partial charge in [-0.1, -0.05) is 63.7 Å². The fraction of sp³-hybridized carbons (Fsp3) is 0.455. The second-order valence-corrected chi connectivity index (χ2v) is 11.6. The van der Waals surface area contributed by atoms with Crippen molar-refractivity contribution in [3.8, 4) is 0 Å². The molecule has 40 heavy (non-hydrogen) atoms. The molecule has 1 aromatic heterocycles. The van der Waals surface area contributed by atoms with Crippen LogP contribution in [0.25, 0.3) is 10.2 Å². The number of carbonyl (C=O) groups excluding carboxylic acids is 3. The van der Waals surface area contributed by atoms with Gasteiger partial charge < -0.3 is 10.1 Å². The lowest BCUT2D eigenvalue weighted by Crippen LogP contribution is -2.41. The summed E-state index contributed by atoms with van der Waals surface area (Å²) in [5.41, 5.74) is 3.86. The average Bonchev–Trinajstić information content (AvgIpc) is 3.35. The minimum absolute atomic E-state index is 0.0282. The molecule has 0 bridgehead atoms. The number of Topliss-reactive ketones (excluding diaryl/α,β-unsaturated/α-hetero) is 2. The topological polar surface area (TPSA) is 79.4 Å². The number of likely N-dealkylation sites (N-methyl/N-ethyl adjacent to an activating group) is 1. The molecule has 3 aromatic rings. The Bertz CT molecular complexity index is 1300. The van der Waals surface area contributed by atoms with Gasteiger partial charge in [0.05, 0.1) is 21.1 Å². The molecule has 3 rings (SSSR count). The summed E-state index contributed by atoms with van der Waals surface area (Å²) < 4.78 is 1.10. The highest BCUT2D eigenvalue weighted by atomic mass is 32.1. The number of carbonyl (C=O) groups is 3. The summed E-state index contributed by atoms with van der Waals surface area (Å²) in [5, 5.41) is 4.05. The molecule has 1 heterocycles. The molecule has 2 atom stereocenters. The van der Waals surface area contributed by atoms with Crippen molar-refractivity contribution in [3.63, 3.8) is 0 Å². The third-order valence-electron chi connectivity index (χ3n) is 7.33. The van der Waals surface area contributed by atoms with Gasteiger partial charge in [-0.15, -0.1) is 11.3 Å². The fourth-order valence-electron chi connectivity index (χ4n) is 4.87. The predicted molar refractivity (Wildman–Crippen MR) is 165 cm³/mol. The van der Waals surface area contributed by atoms with Crippen LogP contribution in [0.1, 0.15) is 63.1 Å². The van der Waals surface area contributed by atoms with E-state index in [-0.39, 0.29) is 29.9 Å². The number of ketones is 2. The molecule has 1 N–H and O–H groups in total. The zero-order valence-electron chi connectivity index (χ0n) is 24.4. The van der Waals surface area contributed by atoms with Crippen LogP contribution in [0.2, 0.25) is 0 Å². The SMILES string of the molecule is C=C(CN(CC)CC)C(=O)CC[C@H](Cc1ccccc1)NC(=O)[C@@H](CC(C)=O)Cc1nc2ccc(CC)cc2s1. The summed E-state index contributed by atoms with van der Waals surface area (Å²) in [4.78, 5) is 45.6. The van der Waals surface area contributed by atoms with Crippen molar-refractivity contribution in [2.45, 2.75) is 72.3 Å². The smallest absolute Gasteiger partial charge is 0.224 e. The molecule has 0 spiro atoms. The molecule has 2 aromatic carbocycles. The quantitative estimate of drug-likeness (QED) is 0.205. The van der Waals surface area contributed by atoms with Crippen molar-refractivity contribution in [1.29, 1.82) is 0 Å². The van der Waals surface area contributed by atoms with Crippen molar-refractivity contribution in [1.82, 2.24) is 15.2 Å². The molecule has 0 aliphatic carbocycles. The highest BCUT2D eigenvalue weighted by Crippen LogP contribution is 2.26. The van der Waals surface area contributed by atoms with Crippen molar-refractivity contribution in [3.05, 3.63) is 76.8 Å². The highest BCUT2D eigenvalue weighted by molar-refractivity contribution is 7.18. The van der Waals surface area contributed by atoms with Gasteiger partial charge in [-0.25, -0.2) is 4.98 Å². The summed E-state index contributed by atoms with van der Waals surface area (Å²) in [6.45, 7) is 14.1. The maximum absolute atomic E-state index is 13.6. The molecule has 1 amide bonds. The summed E-state index contributed by atoms with van der Waals surface area (Å²) in [7, 11) is 0. The van der Waals surface area contributed by atoms with Crippen LogP contribution in [0.3, 0.4) is 0 Å². The number of hydrogen-bond donors (Lipinski definition) is 1. The van der Waals surface area contributed by atoms with Gasteiger partial charge in [0.2, 0.25) is 5.91 Å². The number of aromatic nitrogens is 1. The first-order valence-electron chi connectivity index (χ1n) is 14.4. The van der Waals surface area contributed by atoms with Crippen LogP contribution in [0, 0.1) is 5.92 Å². The third-order valence-corrected chi connectivity index (χ3v) is 8.37. The van der Waals surface area contributed by atoms with Crippen LogP contribution < -0.4 is 5.32 Å². The molecule has 0 fully saturated rings. The first kappa shape index (κ1) is 31.4. The van der Waals surface area contributed by atoms with Crippen LogP contribution >= 0.6 is 11.3 Å². The number of thiazole rings is 1. The summed E-state index contributed by atoms with van der Waals surface area (Å²) in [6, 6.07) is 16.0. The van der Waals surface area contributed by atoms with Gasteiger partial charge >= 0.3 is 0 Å². The average molecular weight is 562 g/mol. The lowest BCUT2D eigenvalue weighted by atomic mass is 9.95. The minimum Gasteiger partial charge on any atom is -0.353 e. The van der Waals surface area contributed by atoms with E-state index in [1.165, 1.54) is 12.5 Å². The number of aryl methyl sites for hydroxylation is 1. The normalized spacial score (nSPS) is 12.8. The lowest BCUT2D eigenvalue weighted by Gasteiger charge is -2.23. The van der Waals surface area contributed by atoms with Crippen molar-refractivity contribution in [2.24, 2.45) is 5.92 Å². The van der Waals surface area contributed by atoms with Crippen molar-refractivity contribution in [2.75, 3.05) is 19.6 Å². The van der Waals surface area contributed by atoms with Gasteiger partial charge in [0, 0.05) is 37.4 Å². The van der Waals surface area contributed by atoms with E-state index in [1.807, 2.05) is 36.4 Å². The van der Waals surface area contributed by atoms with Crippen LogP contribution in [0.5, 0.6) is 0 Å². The Labute approximate surface area is 242 Å². The summed E-state index contributed by atoms with van der Waals surface area (Å²) >= 11 is 1.59. The fourth-order valence-corrected chi connectivity index (χ4v) is 5.98. The van der Waals surface area contributed by atoms with E-state index in [0.29, 0.717) is 37.8 Å². The van der Waals surface area contributed by atoms with Gasteiger partial charge in [0.25, 0.3) is 0 Å². The molecular formula is C33H43N3O3S. The first-order valence-corrected chi connectivity index (χ1v) is 15.2. The van der Waals surface area contributed by atoms with Crippen LogP contribution in [-0.4, -0.2) is 53.0 Å². The Morgan fingerprint density at radius 2 is 1.73 bits per heavy atom. The Kier molecular flexibility index (Phi) is 12.2. The van der Waals surface area contributed by atoms with Crippen LogP contribution in [-0.2, 0) is 33.6 Å². The minimum atomic E-state index is -0.518. The van der Waals surface area contributed by atoms with E-state index >= 15 is 0 Å². The van der Waals surface area contributed by atoms with E-state index in [1.54, 1.807) is 11.3 Å². The Balaban J connectivity index is 1.73. The summed E-state index contributed by atoms with van der Waals surface area (Å²) in [6.07, 6.45) is 2.93. The second kappa shape index (κ2) is 15.6. The Morgan fingerprint density at radius 1 is 1.00 bits per heavy atom. The molecule has 7 heteroatoms. The van der Waals surface area contributed by atoms with Gasteiger partial charge in [0.1, 0.15) is 5.78 Å². The van der Waals surface area contributed by atoms with Gasteiger partial charge in [-0.3, -0.25) is 14.5 Å². The molecule has 0 saturated heterocycles. The van der Waals surface area contributed by atoms with Gasteiger partial charge in [-0.2, -0.15) is 0 Å². The number of hydrogen-bond acceptors (Lipinski definition) is 6. The van der Waals surface area contributed by atoms with E-state index < -0.39 is 5.92 Å². The Hall–Kier alpha value is -3.16. The van der Waals surface area contributed by atoms with E-state index in [4.69, 9.17) is 4.98 Å².